The summed E-state index contributed by atoms with van der Waals surface area (Å²) in [6.45, 7) is 5.76. The van der Waals surface area contributed by atoms with E-state index in [0.29, 0.717) is 18.6 Å². The van der Waals surface area contributed by atoms with Crippen LogP contribution < -0.4 is 10.9 Å². The lowest BCUT2D eigenvalue weighted by Crippen LogP contribution is -2.33. The topological polar surface area (TPSA) is 77.6 Å². The lowest BCUT2D eigenvalue weighted by atomic mass is 10.0. The van der Waals surface area contributed by atoms with Crippen molar-refractivity contribution in [3.05, 3.63) is 58.1 Å². The van der Waals surface area contributed by atoms with Crippen molar-refractivity contribution in [1.82, 2.24) is 19.5 Å². The van der Waals surface area contributed by atoms with E-state index in [1.165, 1.54) is 11.1 Å². The number of hydrogen-bond acceptors (Lipinski definition) is 4. The standard InChI is InChI=1S/C22H26N4O3/c1-15-5-6-17(12-16(15)2)19-13-20-22(28)25(9-10-26(20)24-19)8-7-21(27)23-14-18-4-3-11-29-18/h5-6,9-10,12-13,18H,3-4,7-8,11,14H2,1-2H3,(H,23,27)/t18-/m0/s1. The van der Waals surface area contributed by atoms with Crippen LogP contribution in [-0.2, 0) is 16.1 Å². The molecule has 0 aliphatic carbocycles. The number of rotatable bonds is 6. The fourth-order valence-electron chi connectivity index (χ4n) is 3.59. The Bertz CT molecular complexity index is 1090. The first-order valence-corrected chi connectivity index (χ1v) is 10.1. The molecule has 152 valence electrons. The number of fused-ring (bicyclic) bond motifs is 1. The smallest absolute Gasteiger partial charge is 0.276 e. The number of ether oxygens (including phenoxy) is 1. The number of aryl methyl sites for hydroxylation is 3. The maximum Gasteiger partial charge on any atom is 0.276 e. The minimum absolute atomic E-state index is 0.0726. The van der Waals surface area contributed by atoms with Gasteiger partial charge in [0.25, 0.3) is 5.56 Å². The number of aromatic nitrogens is 3. The zero-order chi connectivity index (χ0) is 20.4. The van der Waals surface area contributed by atoms with Gasteiger partial charge in [0, 0.05) is 44.1 Å². The summed E-state index contributed by atoms with van der Waals surface area (Å²) in [6, 6.07) is 7.96. The van der Waals surface area contributed by atoms with Crippen LogP contribution in [0.5, 0.6) is 0 Å². The molecule has 1 aromatic carbocycles. The Kier molecular flexibility index (Phi) is 5.49. The van der Waals surface area contributed by atoms with Crippen molar-refractivity contribution in [3.8, 4) is 11.3 Å². The van der Waals surface area contributed by atoms with Crippen molar-refractivity contribution in [2.75, 3.05) is 13.2 Å². The minimum atomic E-state index is -0.151. The number of hydrogen-bond donors (Lipinski definition) is 1. The second-order valence-electron chi connectivity index (χ2n) is 7.64. The van der Waals surface area contributed by atoms with Gasteiger partial charge in [-0.25, -0.2) is 4.52 Å². The quantitative estimate of drug-likeness (QED) is 0.697. The van der Waals surface area contributed by atoms with Crippen LogP contribution in [0, 0.1) is 13.8 Å². The molecule has 0 unspecified atom stereocenters. The Hall–Kier alpha value is -2.93. The molecular weight excluding hydrogens is 368 g/mol. The third-order valence-corrected chi connectivity index (χ3v) is 5.54. The zero-order valence-electron chi connectivity index (χ0n) is 16.9. The summed E-state index contributed by atoms with van der Waals surface area (Å²) >= 11 is 0. The summed E-state index contributed by atoms with van der Waals surface area (Å²) in [7, 11) is 0. The highest BCUT2D eigenvalue weighted by Gasteiger charge is 2.16. The molecule has 4 rings (SSSR count). The lowest BCUT2D eigenvalue weighted by molar-refractivity contribution is -0.121. The van der Waals surface area contributed by atoms with E-state index in [4.69, 9.17) is 4.74 Å². The fraction of sp³-hybridized carbons (Fsp3) is 0.409. The van der Waals surface area contributed by atoms with Gasteiger partial charge in [0.2, 0.25) is 5.91 Å². The third-order valence-electron chi connectivity index (χ3n) is 5.54. The molecule has 2 aromatic heterocycles. The highest BCUT2D eigenvalue weighted by Crippen LogP contribution is 2.21. The van der Waals surface area contributed by atoms with Gasteiger partial charge in [-0.2, -0.15) is 5.10 Å². The van der Waals surface area contributed by atoms with E-state index in [2.05, 4.69) is 36.4 Å². The highest BCUT2D eigenvalue weighted by atomic mass is 16.5. The largest absolute Gasteiger partial charge is 0.376 e. The van der Waals surface area contributed by atoms with Crippen molar-refractivity contribution in [2.24, 2.45) is 0 Å². The molecule has 0 bridgehead atoms. The van der Waals surface area contributed by atoms with E-state index in [9.17, 15) is 9.59 Å². The Labute approximate surface area is 169 Å². The van der Waals surface area contributed by atoms with Gasteiger partial charge in [-0.15, -0.1) is 0 Å². The molecule has 1 atom stereocenters. The summed E-state index contributed by atoms with van der Waals surface area (Å²) in [5.41, 5.74) is 4.50. The van der Waals surface area contributed by atoms with Crippen LogP contribution in [0.3, 0.4) is 0 Å². The predicted molar refractivity (Wildman–Crippen MR) is 111 cm³/mol. The molecule has 1 N–H and O–H groups in total. The minimum Gasteiger partial charge on any atom is -0.376 e. The van der Waals surface area contributed by atoms with Gasteiger partial charge in [0.15, 0.2) is 0 Å². The number of amides is 1. The Balaban J connectivity index is 1.46. The summed E-state index contributed by atoms with van der Waals surface area (Å²) in [6.07, 6.45) is 5.84. The van der Waals surface area contributed by atoms with Crippen molar-refractivity contribution < 1.29 is 9.53 Å². The van der Waals surface area contributed by atoms with Gasteiger partial charge < -0.3 is 14.6 Å². The van der Waals surface area contributed by atoms with E-state index < -0.39 is 0 Å². The Morgan fingerprint density at radius 3 is 2.86 bits per heavy atom. The van der Waals surface area contributed by atoms with Crippen LogP contribution >= 0.6 is 0 Å². The molecule has 0 radical (unpaired) electrons. The summed E-state index contributed by atoms with van der Waals surface area (Å²) in [5.74, 6) is -0.0726. The van der Waals surface area contributed by atoms with Gasteiger partial charge in [-0.05, 0) is 49.9 Å². The number of carbonyl (C=O) groups excluding carboxylic acids is 1. The van der Waals surface area contributed by atoms with E-state index in [1.807, 2.05) is 6.07 Å². The van der Waals surface area contributed by atoms with Crippen molar-refractivity contribution >= 4 is 11.4 Å². The molecule has 7 nitrogen and oxygen atoms in total. The van der Waals surface area contributed by atoms with E-state index in [0.717, 1.165) is 30.7 Å². The van der Waals surface area contributed by atoms with Crippen molar-refractivity contribution in [1.29, 1.82) is 0 Å². The van der Waals surface area contributed by atoms with Crippen molar-refractivity contribution in [2.45, 2.75) is 45.8 Å². The van der Waals surface area contributed by atoms with Crippen LogP contribution in [0.4, 0.5) is 0 Å². The molecule has 29 heavy (non-hydrogen) atoms. The molecule has 0 saturated carbocycles. The van der Waals surface area contributed by atoms with Crippen LogP contribution in [0.1, 0.15) is 30.4 Å². The summed E-state index contributed by atoms with van der Waals surface area (Å²) in [5, 5.41) is 7.42. The van der Waals surface area contributed by atoms with Crippen LogP contribution in [-0.4, -0.2) is 39.3 Å². The fourth-order valence-corrected chi connectivity index (χ4v) is 3.59. The molecule has 0 spiro atoms. The van der Waals surface area contributed by atoms with Gasteiger partial charge >= 0.3 is 0 Å². The molecular formula is C22H26N4O3. The molecule has 1 aliphatic heterocycles. The number of nitrogens with zero attached hydrogens (tertiary/aromatic N) is 3. The van der Waals surface area contributed by atoms with E-state index in [1.54, 1.807) is 27.5 Å². The molecule has 1 amide bonds. The highest BCUT2D eigenvalue weighted by molar-refractivity contribution is 5.75. The average molecular weight is 394 g/mol. The Morgan fingerprint density at radius 1 is 1.24 bits per heavy atom. The average Bonchev–Trinajstić information content (AvgIpc) is 3.38. The van der Waals surface area contributed by atoms with Gasteiger partial charge in [-0.1, -0.05) is 12.1 Å². The van der Waals surface area contributed by atoms with Crippen LogP contribution in [0.25, 0.3) is 16.8 Å². The molecule has 7 heteroatoms. The molecule has 1 fully saturated rings. The number of carbonyl (C=O) groups is 1. The second kappa shape index (κ2) is 8.21. The molecule has 3 heterocycles. The number of nitrogens with one attached hydrogen (secondary N) is 1. The van der Waals surface area contributed by atoms with Gasteiger partial charge in [-0.3, -0.25) is 9.59 Å². The molecule has 1 aliphatic rings. The maximum absolute atomic E-state index is 12.8. The predicted octanol–water partition coefficient (Wildman–Crippen LogP) is 2.47. The zero-order valence-corrected chi connectivity index (χ0v) is 16.9. The molecule has 3 aromatic rings. The maximum atomic E-state index is 12.8. The Morgan fingerprint density at radius 2 is 2.10 bits per heavy atom. The third kappa shape index (κ3) is 4.24. The lowest BCUT2D eigenvalue weighted by Gasteiger charge is -2.11. The summed E-state index contributed by atoms with van der Waals surface area (Å²) < 4.78 is 8.67. The normalized spacial score (nSPS) is 16.4. The van der Waals surface area contributed by atoms with E-state index in [-0.39, 0.29) is 24.0 Å². The second-order valence-corrected chi connectivity index (χ2v) is 7.64. The SMILES string of the molecule is Cc1ccc(-c2cc3c(=O)n(CCC(=O)NC[C@@H]4CCCO4)ccn3n2)cc1C. The van der Waals surface area contributed by atoms with Crippen LogP contribution in [0.2, 0.25) is 0 Å². The first-order valence-electron chi connectivity index (χ1n) is 10.1. The van der Waals surface area contributed by atoms with Crippen molar-refractivity contribution in [3.63, 3.8) is 0 Å². The molecule has 1 saturated heterocycles. The van der Waals surface area contributed by atoms with Crippen LogP contribution in [0.15, 0.2) is 41.5 Å². The van der Waals surface area contributed by atoms with Gasteiger partial charge in [0.05, 0.1) is 11.8 Å². The van der Waals surface area contributed by atoms with E-state index >= 15 is 0 Å². The van der Waals surface area contributed by atoms with Gasteiger partial charge in [0.1, 0.15) is 5.52 Å². The number of benzene rings is 1. The first-order chi connectivity index (χ1) is 14.0. The summed E-state index contributed by atoms with van der Waals surface area (Å²) in [4.78, 5) is 24.9. The monoisotopic (exact) mass is 394 g/mol. The first kappa shape index (κ1) is 19.4.